The van der Waals surface area contributed by atoms with Gasteiger partial charge >= 0.3 is 0 Å². The molecule has 9 heteroatoms. The molecule has 0 radical (unpaired) electrons. The van der Waals surface area contributed by atoms with E-state index in [0.717, 1.165) is 12.1 Å². The Morgan fingerprint density at radius 2 is 0.943 bits per heavy atom. The van der Waals surface area contributed by atoms with E-state index in [0.29, 0.717) is 6.07 Å². The number of hydrogen-bond acceptors (Lipinski definition) is 0. The van der Waals surface area contributed by atoms with E-state index in [1.54, 1.807) is 6.07 Å². The van der Waals surface area contributed by atoms with Gasteiger partial charge in [0.05, 0.1) is 5.56 Å². The molecule has 0 unspecified atom stereocenters. The fraction of sp³-hybridized carbons (Fsp3) is 0. The molecule has 0 aliphatic heterocycles. The number of benzene rings is 5. The molecule has 0 amide bonds. The van der Waals surface area contributed by atoms with E-state index in [2.05, 4.69) is 0 Å². The average molecular weight is 492 g/mol. The summed E-state index contributed by atoms with van der Waals surface area (Å²) >= 11 is 0. The van der Waals surface area contributed by atoms with E-state index in [1.165, 1.54) is 24.3 Å². The Hall–Kier alpha value is -4.01. The molecule has 0 aliphatic carbocycles. The van der Waals surface area contributed by atoms with Gasteiger partial charge in [0.25, 0.3) is 0 Å². The smallest absolute Gasteiger partial charge is 0.198 e. The fourth-order valence-electron chi connectivity index (χ4n) is 4.27. The zero-order chi connectivity index (χ0) is 25.2. The van der Waals surface area contributed by atoms with E-state index in [4.69, 9.17) is 0 Å². The SMILES string of the molecule is Fc1ccc2c(-c3ccccc3)c3c(F)c(F)c(F)c(F)c3c(-c3c(F)c(F)cc(F)c3F)c2c1. The van der Waals surface area contributed by atoms with Gasteiger partial charge in [-0.05, 0) is 28.5 Å². The largest absolute Gasteiger partial charge is 0.207 e. The highest BCUT2D eigenvalue weighted by molar-refractivity contribution is 6.21. The van der Waals surface area contributed by atoms with E-state index < -0.39 is 79.6 Å². The molecule has 0 bridgehead atoms. The Morgan fingerprint density at radius 3 is 1.51 bits per heavy atom. The molecule has 0 heterocycles. The van der Waals surface area contributed by atoms with Gasteiger partial charge in [-0.1, -0.05) is 36.4 Å². The third kappa shape index (κ3) is 3.25. The molecule has 0 aliphatic rings. The zero-order valence-electron chi connectivity index (χ0n) is 17.1. The van der Waals surface area contributed by atoms with Crippen molar-refractivity contribution in [3.05, 3.63) is 107 Å². The molecule has 0 atom stereocenters. The van der Waals surface area contributed by atoms with Crippen molar-refractivity contribution >= 4 is 21.5 Å². The van der Waals surface area contributed by atoms with Crippen LogP contribution in [0.3, 0.4) is 0 Å². The Kier molecular flexibility index (Phi) is 5.23. The van der Waals surface area contributed by atoms with Crippen LogP contribution in [0.25, 0.3) is 43.8 Å². The molecule has 5 rings (SSSR count). The maximum absolute atomic E-state index is 15.3. The summed E-state index contributed by atoms with van der Waals surface area (Å²) in [5.74, 6) is -17.4. The lowest BCUT2D eigenvalue weighted by Gasteiger charge is -2.20. The van der Waals surface area contributed by atoms with Crippen molar-refractivity contribution in [1.29, 1.82) is 0 Å². The topological polar surface area (TPSA) is 0 Å². The molecular weight excluding hydrogens is 483 g/mol. The molecule has 0 saturated heterocycles. The van der Waals surface area contributed by atoms with Gasteiger partial charge in [-0.25, -0.2) is 39.5 Å². The van der Waals surface area contributed by atoms with Crippen LogP contribution in [0.4, 0.5) is 39.5 Å². The first kappa shape index (κ1) is 22.8. The first-order valence-corrected chi connectivity index (χ1v) is 9.93. The maximum atomic E-state index is 15.3. The van der Waals surface area contributed by atoms with Gasteiger partial charge in [-0.2, -0.15) is 0 Å². The standard InChI is InChI=1S/C26H9F9/c27-11-6-7-12-13(8-11)17(20-21(30)14(28)9-15(29)22(20)31)19-18(16(12)10-4-2-1-3-5-10)23(32)25(34)26(35)24(19)33/h1-9H. The van der Waals surface area contributed by atoms with Crippen LogP contribution >= 0.6 is 0 Å². The van der Waals surface area contributed by atoms with Crippen molar-refractivity contribution in [2.75, 3.05) is 0 Å². The second kappa shape index (κ2) is 8.04. The third-order valence-electron chi connectivity index (χ3n) is 5.71. The summed E-state index contributed by atoms with van der Waals surface area (Å²) in [4.78, 5) is 0. The van der Waals surface area contributed by atoms with Gasteiger partial charge in [-0.15, -0.1) is 0 Å². The highest BCUT2D eigenvalue weighted by Crippen LogP contribution is 2.48. The summed E-state index contributed by atoms with van der Waals surface area (Å²) in [5.41, 5.74) is -2.74. The normalized spacial score (nSPS) is 11.6. The quantitative estimate of drug-likeness (QED) is 0.100. The van der Waals surface area contributed by atoms with Crippen LogP contribution in [0.1, 0.15) is 0 Å². The average Bonchev–Trinajstić information content (AvgIpc) is 2.85. The highest BCUT2D eigenvalue weighted by atomic mass is 19.2. The van der Waals surface area contributed by atoms with Gasteiger partial charge in [0.15, 0.2) is 46.5 Å². The molecule has 0 nitrogen and oxygen atoms in total. The number of fused-ring (bicyclic) bond motifs is 2. The lowest BCUT2D eigenvalue weighted by atomic mass is 9.85. The zero-order valence-corrected chi connectivity index (χ0v) is 17.1. The molecule has 176 valence electrons. The highest BCUT2D eigenvalue weighted by Gasteiger charge is 2.32. The van der Waals surface area contributed by atoms with Gasteiger partial charge in [-0.3, -0.25) is 0 Å². The van der Waals surface area contributed by atoms with E-state index in [-0.39, 0.29) is 22.6 Å². The lowest BCUT2D eigenvalue weighted by Crippen LogP contribution is -2.05. The van der Waals surface area contributed by atoms with Crippen LogP contribution in [0.5, 0.6) is 0 Å². The van der Waals surface area contributed by atoms with Crippen molar-refractivity contribution in [2.45, 2.75) is 0 Å². The Bertz CT molecular complexity index is 1650. The van der Waals surface area contributed by atoms with Gasteiger partial charge in [0, 0.05) is 28.0 Å². The predicted molar refractivity (Wildman–Crippen MR) is 112 cm³/mol. The van der Waals surface area contributed by atoms with Crippen molar-refractivity contribution in [1.82, 2.24) is 0 Å². The van der Waals surface area contributed by atoms with Crippen molar-refractivity contribution in [2.24, 2.45) is 0 Å². The van der Waals surface area contributed by atoms with E-state index in [9.17, 15) is 30.7 Å². The molecule has 5 aromatic rings. The second-order valence-corrected chi connectivity index (χ2v) is 7.66. The maximum Gasteiger partial charge on any atom is 0.198 e. The van der Waals surface area contributed by atoms with Crippen LogP contribution in [0.15, 0.2) is 54.6 Å². The van der Waals surface area contributed by atoms with Crippen LogP contribution in [0, 0.1) is 52.4 Å². The predicted octanol–water partition coefficient (Wildman–Crippen LogP) is 8.58. The molecule has 0 fully saturated rings. The number of rotatable bonds is 2. The van der Waals surface area contributed by atoms with Crippen molar-refractivity contribution in [3.8, 4) is 22.3 Å². The van der Waals surface area contributed by atoms with Crippen molar-refractivity contribution < 1.29 is 39.5 Å². The van der Waals surface area contributed by atoms with Crippen LogP contribution < -0.4 is 0 Å². The number of hydrogen-bond donors (Lipinski definition) is 0. The first-order valence-electron chi connectivity index (χ1n) is 9.93. The second-order valence-electron chi connectivity index (χ2n) is 7.66. The molecule has 0 saturated carbocycles. The van der Waals surface area contributed by atoms with E-state index >= 15 is 8.78 Å². The molecule has 35 heavy (non-hydrogen) atoms. The first-order chi connectivity index (χ1) is 16.6. The Labute approximate surface area is 190 Å². The molecule has 0 N–H and O–H groups in total. The summed E-state index contributed by atoms with van der Waals surface area (Å²) in [7, 11) is 0. The minimum absolute atomic E-state index is 0.116. The minimum atomic E-state index is -2.33. The van der Waals surface area contributed by atoms with Gasteiger partial charge < -0.3 is 0 Å². The summed E-state index contributed by atoms with van der Waals surface area (Å²) in [5, 5.41) is -2.87. The van der Waals surface area contributed by atoms with Crippen LogP contribution in [-0.4, -0.2) is 0 Å². The number of halogens is 9. The molecule has 0 aromatic heterocycles. The van der Waals surface area contributed by atoms with Gasteiger partial charge in [0.1, 0.15) is 5.82 Å². The monoisotopic (exact) mass is 492 g/mol. The Morgan fingerprint density at radius 1 is 0.400 bits per heavy atom. The van der Waals surface area contributed by atoms with Crippen molar-refractivity contribution in [3.63, 3.8) is 0 Å². The minimum Gasteiger partial charge on any atom is -0.207 e. The van der Waals surface area contributed by atoms with Crippen LogP contribution in [0.2, 0.25) is 0 Å². The van der Waals surface area contributed by atoms with E-state index in [1.807, 2.05) is 0 Å². The summed E-state index contributed by atoms with van der Waals surface area (Å²) in [6.45, 7) is 0. The molecule has 0 spiro atoms. The summed E-state index contributed by atoms with van der Waals surface area (Å²) in [6, 6.07) is 9.82. The summed E-state index contributed by atoms with van der Waals surface area (Å²) in [6.07, 6.45) is 0. The van der Waals surface area contributed by atoms with Crippen LogP contribution in [-0.2, 0) is 0 Å². The summed E-state index contributed by atoms with van der Waals surface area (Å²) < 4.78 is 132. The molecule has 5 aromatic carbocycles. The Balaban J connectivity index is 2.20. The molecular formula is C26H9F9. The lowest BCUT2D eigenvalue weighted by molar-refractivity contribution is 0.418. The third-order valence-corrected chi connectivity index (χ3v) is 5.71. The van der Waals surface area contributed by atoms with Gasteiger partial charge in [0.2, 0.25) is 0 Å². The fourth-order valence-corrected chi connectivity index (χ4v) is 4.27.